The van der Waals surface area contributed by atoms with E-state index in [2.05, 4.69) is 6.07 Å². The first-order chi connectivity index (χ1) is 15.2. The fourth-order valence-corrected chi connectivity index (χ4v) is 3.83. The van der Waals surface area contributed by atoms with Gasteiger partial charge in [-0.2, -0.15) is 15.0 Å². The molecule has 0 amide bonds. The number of hydrogen-bond acceptors (Lipinski definition) is 6. The van der Waals surface area contributed by atoms with Crippen molar-refractivity contribution in [1.82, 2.24) is 9.78 Å². The zero-order chi connectivity index (χ0) is 21.4. The van der Waals surface area contributed by atoms with Crippen molar-refractivity contribution in [2.45, 2.75) is 5.92 Å². The van der Waals surface area contributed by atoms with Crippen LogP contribution >= 0.6 is 0 Å². The van der Waals surface area contributed by atoms with Gasteiger partial charge in [0, 0.05) is 0 Å². The Morgan fingerprint density at radius 1 is 1.10 bits per heavy atom. The van der Waals surface area contributed by atoms with E-state index in [1.165, 1.54) is 0 Å². The Morgan fingerprint density at radius 2 is 1.94 bits per heavy atom. The summed E-state index contributed by atoms with van der Waals surface area (Å²) >= 11 is 0. The predicted molar refractivity (Wildman–Crippen MR) is 114 cm³/mol. The van der Waals surface area contributed by atoms with Gasteiger partial charge >= 0.3 is 0 Å². The zero-order valence-electron chi connectivity index (χ0n) is 16.6. The number of aromatic nitrogens is 2. The van der Waals surface area contributed by atoms with E-state index in [4.69, 9.17) is 24.7 Å². The molecule has 0 bridgehead atoms. The fraction of sp³-hybridized carbons (Fsp3) is 0.0833. The highest BCUT2D eigenvalue weighted by Gasteiger charge is 2.38. The van der Waals surface area contributed by atoms with E-state index < -0.39 is 5.92 Å². The Bertz CT molecular complexity index is 1310. The van der Waals surface area contributed by atoms with Gasteiger partial charge in [-0.15, -0.1) is 0 Å². The number of methoxy groups -OCH3 is 1. The average molecular weight is 410 g/mol. The van der Waals surface area contributed by atoms with Gasteiger partial charge in [0.05, 0.1) is 30.5 Å². The first-order valence-corrected chi connectivity index (χ1v) is 9.65. The van der Waals surface area contributed by atoms with Crippen molar-refractivity contribution in [2.24, 2.45) is 5.73 Å². The molecule has 0 aliphatic carbocycles. The molecule has 4 aromatic rings. The van der Waals surface area contributed by atoms with E-state index >= 15 is 0 Å². The lowest BCUT2D eigenvalue weighted by atomic mass is 9.83. The maximum Gasteiger partial charge on any atom is 0.229 e. The molecule has 0 fully saturated rings. The van der Waals surface area contributed by atoms with Gasteiger partial charge in [0.2, 0.25) is 11.8 Å². The number of nitrogens with two attached hydrogens (primary N) is 1. The van der Waals surface area contributed by atoms with Crippen molar-refractivity contribution in [2.75, 3.05) is 7.11 Å². The lowest BCUT2D eigenvalue weighted by Gasteiger charge is -2.25. The Labute approximate surface area is 178 Å². The molecule has 7 nitrogen and oxygen atoms in total. The van der Waals surface area contributed by atoms with Crippen LogP contribution in [0.5, 0.6) is 11.6 Å². The molecule has 5 rings (SSSR count). The summed E-state index contributed by atoms with van der Waals surface area (Å²) in [5.74, 6) is 1.24. The van der Waals surface area contributed by atoms with E-state index in [-0.39, 0.29) is 5.88 Å². The molecule has 2 aromatic carbocycles. The Hall–Kier alpha value is -4.44. The summed E-state index contributed by atoms with van der Waals surface area (Å²) in [5.41, 5.74) is 9.45. The van der Waals surface area contributed by atoms with Crippen LogP contribution in [0, 0.1) is 11.3 Å². The molecular formula is C24H18N4O3. The van der Waals surface area contributed by atoms with Gasteiger partial charge in [0.25, 0.3) is 0 Å². The van der Waals surface area contributed by atoms with Crippen LogP contribution in [-0.2, 0) is 0 Å². The van der Waals surface area contributed by atoms with Crippen LogP contribution in [0.4, 0.5) is 0 Å². The molecular weight excluding hydrogens is 392 g/mol. The monoisotopic (exact) mass is 410 g/mol. The number of ether oxygens (including phenoxy) is 2. The van der Waals surface area contributed by atoms with Crippen LogP contribution < -0.4 is 15.2 Å². The molecule has 2 N–H and O–H groups in total. The second kappa shape index (κ2) is 7.43. The number of nitriles is 1. The summed E-state index contributed by atoms with van der Waals surface area (Å²) in [4.78, 5) is 0. The third-order valence-corrected chi connectivity index (χ3v) is 5.23. The zero-order valence-corrected chi connectivity index (χ0v) is 16.6. The molecule has 1 aliphatic heterocycles. The predicted octanol–water partition coefficient (Wildman–Crippen LogP) is 4.36. The number of allylic oxidation sites excluding steroid dienone is 1. The topological polar surface area (TPSA) is 99.2 Å². The molecule has 0 spiro atoms. The Kier molecular flexibility index (Phi) is 4.45. The SMILES string of the molecule is COc1cccc(C2C(C#N)=C(N)Oc3c2c(-c2ccco2)nn3-c2ccccc2)c1. The highest BCUT2D eigenvalue weighted by Crippen LogP contribution is 2.48. The van der Waals surface area contributed by atoms with E-state index in [0.717, 1.165) is 11.3 Å². The third kappa shape index (κ3) is 3.02. The van der Waals surface area contributed by atoms with Crippen molar-refractivity contribution < 1.29 is 13.9 Å². The number of benzene rings is 2. The molecule has 152 valence electrons. The summed E-state index contributed by atoms with van der Waals surface area (Å²) in [6, 6.07) is 23.0. The van der Waals surface area contributed by atoms with Gasteiger partial charge in [0.1, 0.15) is 23.1 Å². The van der Waals surface area contributed by atoms with Gasteiger partial charge in [-0.3, -0.25) is 0 Å². The minimum Gasteiger partial charge on any atom is -0.497 e. The molecule has 31 heavy (non-hydrogen) atoms. The van der Waals surface area contributed by atoms with Gasteiger partial charge in [-0.25, -0.2) is 0 Å². The molecule has 7 heteroatoms. The van der Waals surface area contributed by atoms with E-state index in [1.54, 1.807) is 24.1 Å². The highest BCUT2D eigenvalue weighted by molar-refractivity contribution is 5.69. The molecule has 0 radical (unpaired) electrons. The molecule has 1 aliphatic rings. The van der Waals surface area contributed by atoms with Crippen LogP contribution in [0.2, 0.25) is 0 Å². The lowest BCUT2D eigenvalue weighted by molar-refractivity contribution is 0.367. The van der Waals surface area contributed by atoms with Crippen LogP contribution in [0.1, 0.15) is 17.0 Å². The first kappa shape index (κ1) is 18.6. The number of para-hydroxylation sites is 1. The smallest absolute Gasteiger partial charge is 0.229 e. The molecule has 1 atom stereocenters. The molecule has 3 heterocycles. The summed E-state index contributed by atoms with van der Waals surface area (Å²) < 4.78 is 18.7. The third-order valence-electron chi connectivity index (χ3n) is 5.23. The second-order valence-corrected chi connectivity index (χ2v) is 6.99. The number of fused-ring (bicyclic) bond motifs is 1. The number of hydrogen-bond donors (Lipinski definition) is 1. The van der Waals surface area contributed by atoms with Gasteiger partial charge in [0.15, 0.2) is 5.76 Å². The molecule has 2 aromatic heterocycles. The quantitative estimate of drug-likeness (QED) is 0.537. The van der Waals surface area contributed by atoms with Crippen LogP contribution in [0.3, 0.4) is 0 Å². The summed E-state index contributed by atoms with van der Waals surface area (Å²) in [7, 11) is 1.60. The molecule has 0 saturated heterocycles. The van der Waals surface area contributed by atoms with Crippen LogP contribution in [0.15, 0.2) is 88.9 Å². The minimum atomic E-state index is -0.499. The summed E-state index contributed by atoms with van der Waals surface area (Å²) in [5, 5.41) is 14.7. The van der Waals surface area contributed by atoms with Crippen molar-refractivity contribution >= 4 is 0 Å². The fourth-order valence-electron chi connectivity index (χ4n) is 3.83. The standard InChI is InChI=1S/C24H18N4O3/c1-29-17-10-5-7-15(13-17)20-18(14-25)23(26)31-24-21(20)22(19-11-6-12-30-19)27-28(24)16-8-3-2-4-9-16/h2-13,20H,26H2,1H3. The second-order valence-electron chi connectivity index (χ2n) is 6.99. The minimum absolute atomic E-state index is 0.0471. The van der Waals surface area contributed by atoms with E-state index in [0.29, 0.717) is 34.2 Å². The van der Waals surface area contributed by atoms with Crippen molar-refractivity contribution in [1.29, 1.82) is 5.26 Å². The normalized spacial score (nSPS) is 15.2. The maximum absolute atomic E-state index is 9.94. The van der Waals surface area contributed by atoms with Crippen molar-refractivity contribution in [3.63, 3.8) is 0 Å². The van der Waals surface area contributed by atoms with Gasteiger partial charge < -0.3 is 19.6 Å². The summed E-state index contributed by atoms with van der Waals surface area (Å²) in [6.45, 7) is 0. The lowest BCUT2D eigenvalue weighted by Crippen LogP contribution is -2.22. The van der Waals surface area contributed by atoms with Crippen LogP contribution in [0.25, 0.3) is 17.1 Å². The highest BCUT2D eigenvalue weighted by atomic mass is 16.5. The molecule has 1 unspecified atom stereocenters. The van der Waals surface area contributed by atoms with Crippen LogP contribution in [-0.4, -0.2) is 16.9 Å². The maximum atomic E-state index is 9.94. The van der Waals surface area contributed by atoms with Gasteiger partial charge in [-0.1, -0.05) is 30.3 Å². The van der Waals surface area contributed by atoms with Crippen molar-refractivity contribution in [3.05, 3.63) is 95.6 Å². The largest absolute Gasteiger partial charge is 0.497 e. The molecule has 0 saturated carbocycles. The van der Waals surface area contributed by atoms with Crippen molar-refractivity contribution in [3.8, 4) is 34.8 Å². The van der Waals surface area contributed by atoms with E-state index in [9.17, 15) is 5.26 Å². The average Bonchev–Trinajstić information content (AvgIpc) is 3.47. The first-order valence-electron chi connectivity index (χ1n) is 9.65. The number of furan rings is 1. The summed E-state index contributed by atoms with van der Waals surface area (Å²) in [6.07, 6.45) is 1.59. The Balaban J connectivity index is 1.82. The number of nitrogens with zero attached hydrogens (tertiary/aromatic N) is 3. The Morgan fingerprint density at radius 3 is 2.65 bits per heavy atom. The number of rotatable bonds is 4. The van der Waals surface area contributed by atoms with E-state index in [1.807, 2.05) is 60.7 Å². The van der Waals surface area contributed by atoms with Gasteiger partial charge in [-0.05, 0) is 42.0 Å².